The highest BCUT2D eigenvalue weighted by Crippen LogP contribution is 2.21. The van der Waals surface area contributed by atoms with Gasteiger partial charge in [0.1, 0.15) is 11.9 Å². The topological polar surface area (TPSA) is 29.5 Å². The molecule has 94 valence electrons. The standard InChI is InChI=1S/C16H18O2/c1-13(15-5-3-2-4-6-15)18-16-9-7-14(8-10-16)11-12-17/h2-10,13,17H,11-12H2,1H3. The minimum absolute atomic E-state index is 0.0369. The van der Waals surface area contributed by atoms with Crippen LogP contribution in [0.5, 0.6) is 5.75 Å². The third kappa shape index (κ3) is 3.34. The molecule has 2 heteroatoms. The van der Waals surface area contributed by atoms with Gasteiger partial charge in [-0.05, 0) is 36.6 Å². The quantitative estimate of drug-likeness (QED) is 0.871. The van der Waals surface area contributed by atoms with Crippen LogP contribution in [0.2, 0.25) is 0 Å². The number of ether oxygens (including phenoxy) is 1. The lowest BCUT2D eigenvalue weighted by Crippen LogP contribution is -2.02. The first-order valence-corrected chi connectivity index (χ1v) is 6.21. The molecule has 1 N–H and O–H groups in total. The van der Waals surface area contributed by atoms with Crippen LogP contribution in [0.4, 0.5) is 0 Å². The van der Waals surface area contributed by atoms with E-state index in [9.17, 15) is 0 Å². The Morgan fingerprint density at radius 2 is 1.67 bits per heavy atom. The van der Waals surface area contributed by atoms with E-state index >= 15 is 0 Å². The highest BCUT2D eigenvalue weighted by Gasteiger charge is 2.06. The predicted molar refractivity (Wildman–Crippen MR) is 72.7 cm³/mol. The lowest BCUT2D eigenvalue weighted by molar-refractivity contribution is 0.227. The van der Waals surface area contributed by atoms with Crippen LogP contribution in [0.1, 0.15) is 24.2 Å². The van der Waals surface area contributed by atoms with Crippen LogP contribution in [0.25, 0.3) is 0 Å². The predicted octanol–water partition coefficient (Wildman–Crippen LogP) is 3.36. The molecule has 1 atom stereocenters. The molecule has 1 unspecified atom stereocenters. The summed E-state index contributed by atoms with van der Waals surface area (Å²) in [6.07, 6.45) is 0.726. The monoisotopic (exact) mass is 242 g/mol. The first-order valence-electron chi connectivity index (χ1n) is 6.21. The van der Waals surface area contributed by atoms with E-state index in [0.717, 1.165) is 16.9 Å². The van der Waals surface area contributed by atoms with E-state index in [0.29, 0.717) is 6.42 Å². The molecule has 2 rings (SSSR count). The van der Waals surface area contributed by atoms with E-state index in [1.54, 1.807) is 0 Å². The first-order chi connectivity index (χ1) is 8.79. The van der Waals surface area contributed by atoms with Crippen LogP contribution in [-0.2, 0) is 6.42 Å². The molecule has 0 heterocycles. The molecule has 0 bridgehead atoms. The summed E-state index contributed by atoms with van der Waals surface area (Å²) in [5.41, 5.74) is 2.29. The Balaban J connectivity index is 2.01. The van der Waals surface area contributed by atoms with Crippen molar-refractivity contribution in [2.45, 2.75) is 19.4 Å². The zero-order chi connectivity index (χ0) is 12.8. The van der Waals surface area contributed by atoms with Crippen LogP contribution >= 0.6 is 0 Å². The Bertz CT molecular complexity index is 462. The molecule has 2 nitrogen and oxygen atoms in total. The zero-order valence-corrected chi connectivity index (χ0v) is 10.5. The third-order valence-electron chi connectivity index (χ3n) is 2.91. The average Bonchev–Trinajstić information content (AvgIpc) is 2.42. The SMILES string of the molecule is CC(Oc1ccc(CCO)cc1)c1ccccc1. The molecule has 0 aliphatic rings. The van der Waals surface area contributed by atoms with Crippen molar-refractivity contribution in [3.8, 4) is 5.75 Å². The number of rotatable bonds is 5. The lowest BCUT2D eigenvalue weighted by Gasteiger charge is -2.15. The third-order valence-corrected chi connectivity index (χ3v) is 2.91. The highest BCUT2D eigenvalue weighted by atomic mass is 16.5. The molecular weight excluding hydrogens is 224 g/mol. The second-order valence-corrected chi connectivity index (χ2v) is 4.29. The van der Waals surface area contributed by atoms with E-state index in [1.807, 2.05) is 49.4 Å². The molecule has 2 aromatic carbocycles. The lowest BCUT2D eigenvalue weighted by atomic mass is 10.1. The molecule has 0 aliphatic heterocycles. The largest absolute Gasteiger partial charge is 0.486 e. The molecule has 0 amide bonds. The number of benzene rings is 2. The van der Waals surface area contributed by atoms with Crippen molar-refractivity contribution in [2.24, 2.45) is 0 Å². The minimum atomic E-state index is 0.0369. The molecular formula is C16H18O2. The fourth-order valence-corrected chi connectivity index (χ4v) is 1.86. The van der Waals surface area contributed by atoms with Gasteiger partial charge >= 0.3 is 0 Å². The summed E-state index contributed by atoms with van der Waals surface area (Å²) >= 11 is 0. The van der Waals surface area contributed by atoms with E-state index < -0.39 is 0 Å². The maximum Gasteiger partial charge on any atom is 0.121 e. The van der Waals surface area contributed by atoms with Crippen molar-refractivity contribution in [3.05, 3.63) is 65.7 Å². The van der Waals surface area contributed by atoms with Gasteiger partial charge in [-0.2, -0.15) is 0 Å². The van der Waals surface area contributed by atoms with Crippen LogP contribution < -0.4 is 4.74 Å². The fraction of sp³-hybridized carbons (Fsp3) is 0.250. The van der Waals surface area contributed by atoms with Crippen LogP contribution in [0.15, 0.2) is 54.6 Å². The van der Waals surface area contributed by atoms with Gasteiger partial charge in [0.2, 0.25) is 0 Å². The molecule has 2 aromatic rings. The molecule has 0 aromatic heterocycles. The summed E-state index contributed by atoms with van der Waals surface area (Å²) in [6, 6.07) is 18.0. The van der Waals surface area contributed by atoms with Crippen molar-refractivity contribution in [1.29, 1.82) is 0 Å². The first kappa shape index (κ1) is 12.7. The van der Waals surface area contributed by atoms with Gasteiger partial charge in [0.15, 0.2) is 0 Å². The minimum Gasteiger partial charge on any atom is -0.486 e. The van der Waals surface area contributed by atoms with Gasteiger partial charge in [-0.1, -0.05) is 42.5 Å². The summed E-state index contributed by atoms with van der Waals surface area (Å²) < 4.78 is 5.87. The Morgan fingerprint density at radius 3 is 2.28 bits per heavy atom. The molecule has 0 saturated heterocycles. The second-order valence-electron chi connectivity index (χ2n) is 4.29. The van der Waals surface area contributed by atoms with Gasteiger partial charge < -0.3 is 9.84 Å². The molecule has 0 radical (unpaired) electrons. The van der Waals surface area contributed by atoms with Gasteiger partial charge in [-0.15, -0.1) is 0 Å². The Morgan fingerprint density at radius 1 is 1.00 bits per heavy atom. The fourth-order valence-electron chi connectivity index (χ4n) is 1.86. The zero-order valence-electron chi connectivity index (χ0n) is 10.5. The van der Waals surface area contributed by atoms with Crippen molar-refractivity contribution in [2.75, 3.05) is 6.61 Å². The van der Waals surface area contributed by atoms with E-state index in [4.69, 9.17) is 9.84 Å². The maximum absolute atomic E-state index is 8.85. The molecule has 0 aliphatic carbocycles. The second kappa shape index (κ2) is 6.22. The normalized spacial score (nSPS) is 12.1. The molecule has 0 saturated carbocycles. The van der Waals surface area contributed by atoms with Crippen molar-refractivity contribution in [3.63, 3.8) is 0 Å². The maximum atomic E-state index is 8.85. The number of aliphatic hydroxyl groups excluding tert-OH is 1. The van der Waals surface area contributed by atoms with Gasteiger partial charge in [0.05, 0.1) is 0 Å². The highest BCUT2D eigenvalue weighted by molar-refractivity contribution is 5.28. The van der Waals surface area contributed by atoms with Crippen LogP contribution in [0.3, 0.4) is 0 Å². The van der Waals surface area contributed by atoms with Crippen molar-refractivity contribution >= 4 is 0 Å². The van der Waals surface area contributed by atoms with E-state index in [1.165, 1.54) is 0 Å². The summed E-state index contributed by atoms with van der Waals surface area (Å²) in [5, 5.41) is 8.85. The van der Waals surface area contributed by atoms with Gasteiger partial charge in [0.25, 0.3) is 0 Å². The van der Waals surface area contributed by atoms with E-state index in [2.05, 4.69) is 12.1 Å². The van der Waals surface area contributed by atoms with Crippen molar-refractivity contribution in [1.82, 2.24) is 0 Å². The molecule has 0 spiro atoms. The Kier molecular flexibility index (Phi) is 4.37. The number of aliphatic hydroxyl groups is 1. The van der Waals surface area contributed by atoms with E-state index in [-0.39, 0.29) is 12.7 Å². The summed E-state index contributed by atoms with van der Waals surface area (Å²) in [6.45, 7) is 2.22. The van der Waals surface area contributed by atoms with Crippen LogP contribution in [-0.4, -0.2) is 11.7 Å². The van der Waals surface area contributed by atoms with Gasteiger partial charge in [-0.25, -0.2) is 0 Å². The number of hydrogen-bond acceptors (Lipinski definition) is 2. The molecule has 0 fully saturated rings. The van der Waals surface area contributed by atoms with Crippen LogP contribution in [0, 0.1) is 0 Å². The smallest absolute Gasteiger partial charge is 0.121 e. The summed E-state index contributed by atoms with van der Waals surface area (Å²) in [4.78, 5) is 0. The number of hydrogen-bond donors (Lipinski definition) is 1. The van der Waals surface area contributed by atoms with Gasteiger partial charge in [-0.3, -0.25) is 0 Å². The Hall–Kier alpha value is -1.80. The molecule has 18 heavy (non-hydrogen) atoms. The summed E-state index contributed by atoms with van der Waals surface area (Å²) in [5.74, 6) is 0.855. The van der Waals surface area contributed by atoms with Gasteiger partial charge in [0, 0.05) is 6.61 Å². The Labute approximate surface area is 108 Å². The summed E-state index contributed by atoms with van der Waals surface area (Å²) in [7, 11) is 0. The van der Waals surface area contributed by atoms with Crippen molar-refractivity contribution < 1.29 is 9.84 Å². The average molecular weight is 242 g/mol.